The van der Waals surface area contributed by atoms with E-state index in [-0.39, 0.29) is 12.5 Å². The number of para-hydroxylation sites is 1. The van der Waals surface area contributed by atoms with Crippen LogP contribution in [-0.4, -0.2) is 23.4 Å². The number of rotatable bonds is 8. The van der Waals surface area contributed by atoms with E-state index in [1.807, 2.05) is 18.2 Å². The number of thiocarbonyl (C=S) groups is 1. The minimum absolute atomic E-state index is 0.253. The molecule has 0 radical (unpaired) electrons. The highest BCUT2D eigenvalue weighted by Gasteiger charge is 2.23. The Labute approximate surface area is 195 Å². The summed E-state index contributed by atoms with van der Waals surface area (Å²) in [4.78, 5) is 12.4. The van der Waals surface area contributed by atoms with E-state index in [9.17, 15) is 4.79 Å². The quantitative estimate of drug-likeness (QED) is 0.266. The third-order valence-corrected chi connectivity index (χ3v) is 6.28. The molecule has 1 unspecified atom stereocenters. The van der Waals surface area contributed by atoms with Gasteiger partial charge in [0.15, 0.2) is 0 Å². The molecule has 1 aliphatic rings. The van der Waals surface area contributed by atoms with E-state index in [2.05, 4.69) is 25.2 Å². The zero-order valence-corrected chi connectivity index (χ0v) is 19.7. The Morgan fingerprint density at radius 1 is 1.20 bits per heavy atom. The molecule has 1 N–H and O–H groups in total. The summed E-state index contributed by atoms with van der Waals surface area (Å²) in [5.74, 6) is 1.45. The lowest BCUT2D eigenvalue weighted by molar-refractivity contribution is -0.115. The summed E-state index contributed by atoms with van der Waals surface area (Å²) in [6.07, 6.45) is 2.70. The molecule has 1 aliphatic heterocycles. The van der Waals surface area contributed by atoms with Crippen LogP contribution < -0.4 is 14.8 Å². The van der Waals surface area contributed by atoms with Crippen LogP contribution in [0.25, 0.3) is 6.08 Å². The van der Waals surface area contributed by atoms with Crippen molar-refractivity contribution in [1.82, 2.24) is 5.32 Å². The summed E-state index contributed by atoms with van der Waals surface area (Å²) >= 11 is 18.7. The van der Waals surface area contributed by atoms with Crippen molar-refractivity contribution in [2.75, 3.05) is 13.2 Å². The summed E-state index contributed by atoms with van der Waals surface area (Å²) in [5.41, 5.74) is 1.78. The molecular weight excluding hydrogens is 461 g/mol. The summed E-state index contributed by atoms with van der Waals surface area (Å²) in [6, 6.07) is 11.3. The van der Waals surface area contributed by atoms with Crippen molar-refractivity contribution >= 4 is 63.5 Å². The average Bonchev–Trinajstić information content (AvgIpc) is 3.03. The molecule has 1 fully saturated rings. The van der Waals surface area contributed by atoms with Crippen LogP contribution in [0.4, 0.5) is 0 Å². The fourth-order valence-corrected chi connectivity index (χ4v) is 4.54. The molecule has 30 heavy (non-hydrogen) atoms. The summed E-state index contributed by atoms with van der Waals surface area (Å²) in [6.45, 7) is 4.96. The summed E-state index contributed by atoms with van der Waals surface area (Å²) < 4.78 is 12.3. The van der Waals surface area contributed by atoms with Crippen LogP contribution in [0.1, 0.15) is 37.3 Å². The van der Waals surface area contributed by atoms with Crippen LogP contribution >= 0.6 is 47.2 Å². The van der Waals surface area contributed by atoms with Crippen molar-refractivity contribution in [2.45, 2.75) is 26.2 Å². The first kappa shape index (κ1) is 22.9. The maximum atomic E-state index is 12.0. The molecule has 2 aromatic rings. The minimum atomic E-state index is -0.253. The van der Waals surface area contributed by atoms with Crippen molar-refractivity contribution in [3.05, 3.63) is 62.5 Å². The molecule has 0 aromatic heterocycles. The molecule has 3 rings (SSSR count). The molecule has 1 amide bonds. The third kappa shape index (κ3) is 5.70. The van der Waals surface area contributed by atoms with Gasteiger partial charge >= 0.3 is 0 Å². The summed E-state index contributed by atoms with van der Waals surface area (Å²) in [5, 5.41) is 3.40. The van der Waals surface area contributed by atoms with E-state index in [0.29, 0.717) is 43.1 Å². The smallest absolute Gasteiger partial charge is 0.263 e. The SMILES string of the molecule is CCC(C)c1ccccc1OCCOc1c(Cl)cc(Cl)cc1/C=C1\SC(=S)NC1=O. The number of thioether (sulfide) groups is 1. The molecule has 1 saturated heterocycles. The predicted octanol–water partition coefficient (Wildman–Crippen LogP) is 6.45. The number of amides is 1. The number of carbonyl (C=O) groups excluding carboxylic acids is 1. The van der Waals surface area contributed by atoms with Gasteiger partial charge in [-0.2, -0.15) is 0 Å². The van der Waals surface area contributed by atoms with Crippen LogP contribution in [-0.2, 0) is 4.79 Å². The molecule has 1 heterocycles. The maximum absolute atomic E-state index is 12.0. The van der Waals surface area contributed by atoms with E-state index < -0.39 is 0 Å². The molecule has 0 saturated carbocycles. The van der Waals surface area contributed by atoms with E-state index in [1.54, 1.807) is 18.2 Å². The van der Waals surface area contributed by atoms with Gasteiger partial charge in [0.25, 0.3) is 5.91 Å². The molecule has 4 nitrogen and oxygen atoms in total. The Morgan fingerprint density at radius 2 is 1.93 bits per heavy atom. The summed E-state index contributed by atoms with van der Waals surface area (Å²) in [7, 11) is 0. The highest BCUT2D eigenvalue weighted by Crippen LogP contribution is 2.36. The maximum Gasteiger partial charge on any atom is 0.263 e. The fourth-order valence-electron chi connectivity index (χ4n) is 2.94. The third-order valence-electron chi connectivity index (χ3n) is 4.62. The van der Waals surface area contributed by atoms with Gasteiger partial charge in [0, 0.05) is 10.6 Å². The first-order valence-electron chi connectivity index (χ1n) is 9.47. The average molecular weight is 482 g/mol. The first-order valence-corrected chi connectivity index (χ1v) is 11.5. The number of carbonyl (C=O) groups is 1. The second-order valence-electron chi connectivity index (χ2n) is 6.70. The Bertz CT molecular complexity index is 994. The van der Waals surface area contributed by atoms with Gasteiger partial charge in [-0.25, -0.2) is 0 Å². The lowest BCUT2D eigenvalue weighted by Crippen LogP contribution is -2.17. The van der Waals surface area contributed by atoms with Gasteiger partial charge in [0.05, 0.1) is 9.93 Å². The molecule has 1 atom stereocenters. The standard InChI is InChI=1S/C22H21Cl2NO3S2/c1-3-13(2)16-6-4-5-7-18(16)27-8-9-28-20-14(10-15(23)12-17(20)24)11-19-21(26)25-22(29)30-19/h4-7,10-13H,3,8-9H2,1-2H3,(H,25,26,29)/b19-11-. The highest BCUT2D eigenvalue weighted by atomic mass is 35.5. The first-order chi connectivity index (χ1) is 14.4. The number of benzene rings is 2. The number of ether oxygens (including phenoxy) is 2. The second-order valence-corrected chi connectivity index (χ2v) is 9.26. The largest absolute Gasteiger partial charge is 0.490 e. The van der Waals surface area contributed by atoms with Gasteiger partial charge in [-0.3, -0.25) is 4.79 Å². The van der Waals surface area contributed by atoms with Gasteiger partial charge in [-0.15, -0.1) is 0 Å². The number of hydrogen-bond donors (Lipinski definition) is 1. The lowest BCUT2D eigenvalue weighted by atomic mass is 9.98. The van der Waals surface area contributed by atoms with E-state index >= 15 is 0 Å². The van der Waals surface area contributed by atoms with Gasteiger partial charge in [-0.05, 0) is 42.2 Å². The molecule has 8 heteroatoms. The normalized spacial score (nSPS) is 15.9. The topological polar surface area (TPSA) is 47.6 Å². The number of hydrogen-bond acceptors (Lipinski definition) is 5. The second kappa shape index (κ2) is 10.5. The zero-order chi connectivity index (χ0) is 21.7. The van der Waals surface area contributed by atoms with E-state index in [1.165, 1.54) is 17.3 Å². The highest BCUT2D eigenvalue weighted by molar-refractivity contribution is 8.26. The molecule has 0 spiro atoms. The van der Waals surface area contributed by atoms with Crippen LogP contribution in [0.2, 0.25) is 10.0 Å². The molecule has 0 aliphatic carbocycles. The van der Waals surface area contributed by atoms with Crippen molar-refractivity contribution in [1.29, 1.82) is 0 Å². The van der Waals surface area contributed by atoms with Gasteiger partial charge in [0.2, 0.25) is 0 Å². The predicted molar refractivity (Wildman–Crippen MR) is 129 cm³/mol. The van der Waals surface area contributed by atoms with Crippen LogP contribution in [0.3, 0.4) is 0 Å². The van der Waals surface area contributed by atoms with Crippen molar-refractivity contribution < 1.29 is 14.3 Å². The van der Waals surface area contributed by atoms with Crippen molar-refractivity contribution in [3.8, 4) is 11.5 Å². The van der Waals surface area contributed by atoms with E-state index in [0.717, 1.165) is 12.2 Å². The Kier molecular flexibility index (Phi) is 8.06. The van der Waals surface area contributed by atoms with Crippen molar-refractivity contribution in [2.24, 2.45) is 0 Å². The van der Waals surface area contributed by atoms with E-state index in [4.69, 9.17) is 44.9 Å². The molecular formula is C22H21Cl2NO3S2. The van der Waals surface area contributed by atoms with Crippen molar-refractivity contribution in [3.63, 3.8) is 0 Å². The van der Waals surface area contributed by atoms with Gasteiger partial charge in [0.1, 0.15) is 29.0 Å². The van der Waals surface area contributed by atoms with Crippen LogP contribution in [0.5, 0.6) is 11.5 Å². The van der Waals surface area contributed by atoms with Crippen LogP contribution in [0.15, 0.2) is 41.3 Å². The molecule has 2 aromatic carbocycles. The number of halogens is 2. The lowest BCUT2D eigenvalue weighted by Gasteiger charge is -2.16. The minimum Gasteiger partial charge on any atom is -0.490 e. The monoisotopic (exact) mass is 481 g/mol. The zero-order valence-electron chi connectivity index (χ0n) is 16.5. The Balaban J connectivity index is 1.71. The Hall–Kier alpha value is -1.73. The fraction of sp³-hybridized carbons (Fsp3) is 0.273. The Morgan fingerprint density at radius 3 is 2.63 bits per heavy atom. The van der Waals surface area contributed by atoms with Gasteiger partial charge in [-0.1, -0.05) is 79.2 Å². The van der Waals surface area contributed by atoms with Crippen LogP contribution in [0, 0.1) is 0 Å². The molecule has 158 valence electrons. The van der Waals surface area contributed by atoms with Gasteiger partial charge < -0.3 is 14.8 Å². The molecule has 0 bridgehead atoms. The number of nitrogens with one attached hydrogen (secondary N) is 1.